The SMILES string of the molecule is CCc1cc(CSc2ccccc2N)n(CC)n1. The Balaban J connectivity index is 2.10. The van der Waals surface area contributed by atoms with Gasteiger partial charge in [0.25, 0.3) is 0 Å². The van der Waals surface area contributed by atoms with Gasteiger partial charge in [-0.05, 0) is 31.5 Å². The summed E-state index contributed by atoms with van der Waals surface area (Å²) in [7, 11) is 0. The van der Waals surface area contributed by atoms with Gasteiger partial charge in [-0.2, -0.15) is 5.10 Å². The van der Waals surface area contributed by atoms with E-state index in [-0.39, 0.29) is 0 Å². The molecule has 0 spiro atoms. The van der Waals surface area contributed by atoms with Gasteiger partial charge in [0.2, 0.25) is 0 Å². The molecule has 0 aliphatic carbocycles. The molecular weight excluding hydrogens is 242 g/mol. The Morgan fingerprint density at radius 2 is 2.06 bits per heavy atom. The van der Waals surface area contributed by atoms with E-state index in [0.717, 1.165) is 35.0 Å². The number of rotatable bonds is 5. The van der Waals surface area contributed by atoms with Gasteiger partial charge in [0.05, 0.1) is 5.69 Å². The minimum Gasteiger partial charge on any atom is -0.398 e. The van der Waals surface area contributed by atoms with Gasteiger partial charge in [-0.3, -0.25) is 4.68 Å². The van der Waals surface area contributed by atoms with Gasteiger partial charge in [-0.25, -0.2) is 0 Å². The van der Waals surface area contributed by atoms with Crippen molar-refractivity contribution in [2.24, 2.45) is 0 Å². The van der Waals surface area contributed by atoms with Crippen molar-refractivity contribution >= 4 is 17.4 Å². The van der Waals surface area contributed by atoms with Crippen molar-refractivity contribution in [2.45, 2.75) is 37.5 Å². The molecule has 0 aliphatic rings. The van der Waals surface area contributed by atoms with Crippen molar-refractivity contribution in [3.63, 3.8) is 0 Å². The fraction of sp³-hybridized carbons (Fsp3) is 0.357. The highest BCUT2D eigenvalue weighted by Gasteiger charge is 2.07. The lowest BCUT2D eigenvalue weighted by Gasteiger charge is -2.06. The molecule has 2 N–H and O–H groups in total. The van der Waals surface area contributed by atoms with Crippen molar-refractivity contribution in [1.29, 1.82) is 0 Å². The highest BCUT2D eigenvalue weighted by molar-refractivity contribution is 7.98. The lowest BCUT2D eigenvalue weighted by Crippen LogP contribution is -2.01. The molecule has 0 bridgehead atoms. The van der Waals surface area contributed by atoms with Crippen molar-refractivity contribution in [3.05, 3.63) is 41.7 Å². The third kappa shape index (κ3) is 2.88. The number of thioether (sulfide) groups is 1. The average molecular weight is 261 g/mol. The number of para-hydroxylation sites is 1. The van der Waals surface area contributed by atoms with Crippen LogP contribution in [-0.4, -0.2) is 9.78 Å². The summed E-state index contributed by atoms with van der Waals surface area (Å²) < 4.78 is 2.07. The van der Waals surface area contributed by atoms with Crippen LogP contribution >= 0.6 is 11.8 Å². The molecule has 0 radical (unpaired) electrons. The first-order chi connectivity index (χ1) is 8.74. The topological polar surface area (TPSA) is 43.8 Å². The molecule has 3 nitrogen and oxygen atoms in total. The van der Waals surface area contributed by atoms with Crippen LogP contribution in [0, 0.1) is 0 Å². The minimum atomic E-state index is 0.848. The highest BCUT2D eigenvalue weighted by Crippen LogP contribution is 2.27. The van der Waals surface area contributed by atoms with Crippen molar-refractivity contribution < 1.29 is 0 Å². The van der Waals surface area contributed by atoms with Crippen LogP contribution in [0.4, 0.5) is 5.69 Å². The summed E-state index contributed by atoms with van der Waals surface area (Å²) in [5.74, 6) is 0.912. The Hall–Kier alpha value is -1.42. The first-order valence-corrected chi connectivity index (χ1v) is 7.26. The van der Waals surface area contributed by atoms with Crippen molar-refractivity contribution in [2.75, 3.05) is 5.73 Å². The van der Waals surface area contributed by atoms with Crippen LogP contribution in [0.1, 0.15) is 25.2 Å². The van der Waals surface area contributed by atoms with Gasteiger partial charge in [0.15, 0.2) is 0 Å². The van der Waals surface area contributed by atoms with Crippen LogP contribution in [-0.2, 0) is 18.7 Å². The van der Waals surface area contributed by atoms with E-state index >= 15 is 0 Å². The number of benzene rings is 1. The number of hydrogen-bond acceptors (Lipinski definition) is 3. The maximum atomic E-state index is 5.94. The first-order valence-electron chi connectivity index (χ1n) is 6.27. The van der Waals surface area contributed by atoms with E-state index < -0.39 is 0 Å². The van der Waals surface area contributed by atoms with Crippen LogP contribution in [0.3, 0.4) is 0 Å². The third-order valence-corrected chi connectivity index (χ3v) is 3.99. The number of nitrogen functional groups attached to an aromatic ring is 1. The van der Waals surface area contributed by atoms with Gasteiger partial charge in [-0.1, -0.05) is 19.1 Å². The fourth-order valence-electron chi connectivity index (χ4n) is 1.84. The number of nitrogens with two attached hydrogens (primary N) is 1. The number of aromatic nitrogens is 2. The quantitative estimate of drug-likeness (QED) is 0.663. The van der Waals surface area contributed by atoms with Crippen LogP contribution in [0.25, 0.3) is 0 Å². The summed E-state index contributed by atoms with van der Waals surface area (Å²) in [6, 6.07) is 10.2. The Labute approximate surface area is 112 Å². The second kappa shape index (κ2) is 5.96. The molecular formula is C14H19N3S. The van der Waals surface area contributed by atoms with Gasteiger partial charge in [0, 0.05) is 28.6 Å². The Morgan fingerprint density at radius 3 is 2.72 bits per heavy atom. The standard InChI is InChI=1S/C14H19N3S/c1-3-11-9-12(17(4-2)16-11)10-18-14-8-6-5-7-13(14)15/h5-9H,3-4,10,15H2,1-2H3. The third-order valence-electron chi connectivity index (χ3n) is 2.87. The molecule has 0 unspecified atom stereocenters. The fourth-order valence-corrected chi connectivity index (χ4v) is 2.79. The molecule has 0 aliphatic heterocycles. The summed E-state index contributed by atoms with van der Waals surface area (Å²) in [4.78, 5) is 1.14. The molecule has 18 heavy (non-hydrogen) atoms. The van der Waals surface area contributed by atoms with E-state index in [1.807, 2.05) is 18.2 Å². The molecule has 1 heterocycles. The van der Waals surface area contributed by atoms with Crippen LogP contribution in [0.2, 0.25) is 0 Å². The van der Waals surface area contributed by atoms with E-state index in [4.69, 9.17) is 5.73 Å². The maximum absolute atomic E-state index is 5.94. The van der Waals surface area contributed by atoms with Crippen LogP contribution in [0.15, 0.2) is 35.2 Å². The summed E-state index contributed by atoms with van der Waals surface area (Å²) in [5.41, 5.74) is 9.22. The molecule has 0 fully saturated rings. The first kappa shape index (κ1) is 13.0. The summed E-state index contributed by atoms with van der Waals surface area (Å²) in [5, 5.41) is 4.55. The monoisotopic (exact) mass is 261 g/mol. The largest absolute Gasteiger partial charge is 0.398 e. The number of hydrogen-bond donors (Lipinski definition) is 1. The Morgan fingerprint density at radius 1 is 1.28 bits per heavy atom. The smallest absolute Gasteiger partial charge is 0.0625 e. The predicted molar refractivity (Wildman–Crippen MR) is 77.7 cm³/mol. The zero-order chi connectivity index (χ0) is 13.0. The Kier molecular flexibility index (Phi) is 4.31. The summed E-state index contributed by atoms with van der Waals surface area (Å²) in [6.07, 6.45) is 0.984. The van der Waals surface area contributed by atoms with Crippen LogP contribution in [0.5, 0.6) is 0 Å². The maximum Gasteiger partial charge on any atom is 0.0625 e. The summed E-state index contributed by atoms with van der Waals surface area (Å²) >= 11 is 1.77. The van der Waals surface area contributed by atoms with Crippen molar-refractivity contribution in [3.8, 4) is 0 Å². The lowest BCUT2D eigenvalue weighted by molar-refractivity contribution is 0.628. The van der Waals surface area contributed by atoms with Crippen LogP contribution < -0.4 is 5.73 Å². The van der Waals surface area contributed by atoms with Crippen molar-refractivity contribution in [1.82, 2.24) is 9.78 Å². The molecule has 1 aromatic heterocycles. The van der Waals surface area contributed by atoms with E-state index in [2.05, 4.69) is 35.8 Å². The molecule has 96 valence electrons. The van der Waals surface area contributed by atoms with E-state index in [1.54, 1.807) is 11.8 Å². The summed E-state index contributed by atoms with van der Waals surface area (Å²) in [6.45, 7) is 5.17. The molecule has 0 amide bonds. The molecule has 2 aromatic rings. The van der Waals surface area contributed by atoms with E-state index in [9.17, 15) is 0 Å². The van der Waals surface area contributed by atoms with Gasteiger partial charge in [0.1, 0.15) is 0 Å². The van der Waals surface area contributed by atoms with Gasteiger partial charge in [-0.15, -0.1) is 11.8 Å². The van der Waals surface area contributed by atoms with Gasteiger partial charge < -0.3 is 5.73 Å². The molecule has 2 rings (SSSR count). The second-order valence-electron chi connectivity index (χ2n) is 4.12. The molecule has 1 aromatic carbocycles. The predicted octanol–water partition coefficient (Wildman–Crippen LogP) is 3.34. The van der Waals surface area contributed by atoms with E-state index in [0.29, 0.717) is 0 Å². The molecule has 4 heteroatoms. The molecule has 0 saturated heterocycles. The second-order valence-corrected chi connectivity index (χ2v) is 5.14. The average Bonchev–Trinajstić information content (AvgIpc) is 2.80. The molecule has 0 atom stereocenters. The zero-order valence-electron chi connectivity index (χ0n) is 10.9. The van der Waals surface area contributed by atoms with Gasteiger partial charge >= 0.3 is 0 Å². The number of anilines is 1. The number of nitrogens with zero attached hydrogens (tertiary/aromatic N) is 2. The lowest BCUT2D eigenvalue weighted by atomic mass is 10.3. The van der Waals surface area contributed by atoms with E-state index in [1.165, 1.54) is 5.69 Å². The number of aryl methyl sites for hydroxylation is 2. The highest BCUT2D eigenvalue weighted by atomic mass is 32.2. The minimum absolute atomic E-state index is 0.848. The normalized spacial score (nSPS) is 10.8. The molecule has 0 saturated carbocycles. The zero-order valence-corrected chi connectivity index (χ0v) is 11.7. The Bertz CT molecular complexity index is 520.